The number of H-pyrrole nitrogens is 1. The van der Waals surface area contributed by atoms with Gasteiger partial charge in [-0.25, -0.2) is 0 Å². The van der Waals surface area contributed by atoms with Crippen LogP contribution in [0.15, 0.2) is 41.0 Å². The van der Waals surface area contributed by atoms with Crippen molar-refractivity contribution in [3.8, 4) is 11.3 Å². The molecule has 6 nitrogen and oxygen atoms in total. The van der Waals surface area contributed by atoms with E-state index in [0.717, 1.165) is 15.7 Å². The van der Waals surface area contributed by atoms with Gasteiger partial charge in [0.25, 0.3) is 5.91 Å². The van der Waals surface area contributed by atoms with Gasteiger partial charge in [-0.2, -0.15) is 10.2 Å². The summed E-state index contributed by atoms with van der Waals surface area (Å²) in [5.74, 6) is -0.231. The molecule has 1 amide bonds. The van der Waals surface area contributed by atoms with Crippen molar-refractivity contribution < 1.29 is 4.79 Å². The Labute approximate surface area is 146 Å². The summed E-state index contributed by atoms with van der Waals surface area (Å²) in [6, 6.07) is 8.98. The van der Waals surface area contributed by atoms with Crippen molar-refractivity contribution in [2.45, 2.75) is 6.54 Å². The SMILES string of the molecule is Cn1ncc(Br)c1CNC(=O)c1cc(-c2ccc(Cl)cc2)n[nH]1. The molecule has 3 rings (SSSR count). The van der Waals surface area contributed by atoms with Gasteiger partial charge in [-0.05, 0) is 34.1 Å². The van der Waals surface area contributed by atoms with Crippen molar-refractivity contribution in [3.63, 3.8) is 0 Å². The molecular weight excluding hydrogens is 382 g/mol. The number of benzene rings is 1. The highest BCUT2D eigenvalue weighted by Gasteiger charge is 2.13. The Morgan fingerprint density at radius 1 is 1.39 bits per heavy atom. The van der Waals surface area contributed by atoms with Crippen LogP contribution in [0.5, 0.6) is 0 Å². The first kappa shape index (κ1) is 15.8. The maximum atomic E-state index is 12.2. The maximum Gasteiger partial charge on any atom is 0.269 e. The first-order chi connectivity index (χ1) is 11.0. The van der Waals surface area contributed by atoms with Crippen molar-refractivity contribution in [2.75, 3.05) is 0 Å². The van der Waals surface area contributed by atoms with Crippen molar-refractivity contribution in [1.82, 2.24) is 25.3 Å². The van der Waals surface area contributed by atoms with Crippen LogP contribution in [0.2, 0.25) is 5.02 Å². The fourth-order valence-corrected chi connectivity index (χ4v) is 2.72. The van der Waals surface area contributed by atoms with Crippen LogP contribution in [0.3, 0.4) is 0 Å². The molecule has 0 fully saturated rings. The first-order valence-corrected chi connectivity index (χ1v) is 7.97. The van der Waals surface area contributed by atoms with Crippen LogP contribution in [0.25, 0.3) is 11.3 Å². The first-order valence-electron chi connectivity index (χ1n) is 6.80. The second-order valence-corrected chi connectivity index (χ2v) is 6.21. The molecule has 0 aliphatic heterocycles. The molecule has 3 aromatic rings. The summed E-state index contributed by atoms with van der Waals surface area (Å²) in [6.07, 6.45) is 1.69. The number of nitrogens with one attached hydrogen (secondary N) is 2. The lowest BCUT2D eigenvalue weighted by atomic mass is 10.1. The normalized spacial score (nSPS) is 10.7. The topological polar surface area (TPSA) is 75.6 Å². The molecule has 23 heavy (non-hydrogen) atoms. The Kier molecular flexibility index (Phi) is 4.49. The van der Waals surface area contributed by atoms with Crippen molar-refractivity contribution in [3.05, 3.63) is 57.4 Å². The summed E-state index contributed by atoms with van der Waals surface area (Å²) in [5.41, 5.74) is 2.86. The summed E-state index contributed by atoms with van der Waals surface area (Å²) in [4.78, 5) is 12.2. The molecule has 2 N–H and O–H groups in total. The number of hydrogen-bond donors (Lipinski definition) is 2. The molecular formula is C15H13BrClN5O. The van der Waals surface area contributed by atoms with E-state index >= 15 is 0 Å². The highest BCUT2D eigenvalue weighted by molar-refractivity contribution is 9.10. The van der Waals surface area contributed by atoms with Crippen LogP contribution in [0, 0.1) is 0 Å². The van der Waals surface area contributed by atoms with Crippen LogP contribution in [-0.4, -0.2) is 25.9 Å². The molecule has 0 unspecified atom stereocenters. The fraction of sp³-hybridized carbons (Fsp3) is 0.133. The van der Waals surface area contributed by atoms with E-state index in [1.165, 1.54) is 0 Å². The Morgan fingerprint density at radius 3 is 2.78 bits per heavy atom. The van der Waals surface area contributed by atoms with Gasteiger partial charge >= 0.3 is 0 Å². The summed E-state index contributed by atoms with van der Waals surface area (Å²) in [7, 11) is 1.82. The van der Waals surface area contributed by atoms with Gasteiger partial charge < -0.3 is 5.32 Å². The van der Waals surface area contributed by atoms with Gasteiger partial charge in [-0.15, -0.1) is 0 Å². The lowest BCUT2D eigenvalue weighted by Gasteiger charge is -2.04. The second-order valence-electron chi connectivity index (χ2n) is 4.92. The number of aromatic nitrogens is 4. The minimum Gasteiger partial charge on any atom is -0.345 e. The van der Waals surface area contributed by atoms with E-state index < -0.39 is 0 Å². The van der Waals surface area contributed by atoms with E-state index in [9.17, 15) is 4.79 Å². The molecule has 0 aliphatic rings. The van der Waals surface area contributed by atoms with Gasteiger partial charge in [-0.1, -0.05) is 23.7 Å². The molecule has 2 heterocycles. The highest BCUT2D eigenvalue weighted by Crippen LogP contribution is 2.20. The summed E-state index contributed by atoms with van der Waals surface area (Å²) in [6.45, 7) is 0.366. The van der Waals surface area contributed by atoms with Crippen molar-refractivity contribution >= 4 is 33.4 Å². The van der Waals surface area contributed by atoms with Crippen LogP contribution < -0.4 is 5.32 Å². The Balaban J connectivity index is 1.70. The van der Waals surface area contributed by atoms with E-state index in [0.29, 0.717) is 23.0 Å². The second kappa shape index (κ2) is 6.55. The lowest BCUT2D eigenvalue weighted by Crippen LogP contribution is -2.24. The molecule has 2 aromatic heterocycles. The minimum absolute atomic E-state index is 0.231. The molecule has 0 aliphatic carbocycles. The number of halogens is 2. The molecule has 8 heteroatoms. The number of aromatic amines is 1. The van der Waals surface area contributed by atoms with Gasteiger partial charge in [0.15, 0.2) is 0 Å². The fourth-order valence-electron chi connectivity index (χ4n) is 2.10. The van der Waals surface area contributed by atoms with Crippen LogP contribution in [-0.2, 0) is 13.6 Å². The van der Waals surface area contributed by atoms with Gasteiger partial charge in [0.1, 0.15) is 5.69 Å². The largest absolute Gasteiger partial charge is 0.345 e. The van der Waals surface area contributed by atoms with Crippen LogP contribution in [0.1, 0.15) is 16.2 Å². The van der Waals surface area contributed by atoms with E-state index in [2.05, 4.69) is 36.5 Å². The zero-order chi connectivity index (χ0) is 16.4. The van der Waals surface area contributed by atoms with E-state index in [4.69, 9.17) is 11.6 Å². The Morgan fingerprint density at radius 2 is 2.13 bits per heavy atom. The average molecular weight is 395 g/mol. The maximum absolute atomic E-state index is 12.2. The molecule has 0 saturated carbocycles. The smallest absolute Gasteiger partial charge is 0.269 e. The van der Waals surface area contributed by atoms with Gasteiger partial charge in [0, 0.05) is 17.6 Å². The van der Waals surface area contributed by atoms with Crippen LogP contribution in [0.4, 0.5) is 0 Å². The van der Waals surface area contributed by atoms with Gasteiger partial charge in [-0.3, -0.25) is 14.6 Å². The van der Waals surface area contributed by atoms with E-state index in [1.54, 1.807) is 29.1 Å². The molecule has 0 saturated heterocycles. The number of rotatable bonds is 4. The van der Waals surface area contributed by atoms with Gasteiger partial charge in [0.2, 0.25) is 0 Å². The Hall–Kier alpha value is -2.12. The average Bonchev–Trinajstić information content (AvgIpc) is 3.14. The number of hydrogen-bond acceptors (Lipinski definition) is 3. The highest BCUT2D eigenvalue weighted by atomic mass is 79.9. The zero-order valence-corrected chi connectivity index (χ0v) is 14.5. The third-order valence-electron chi connectivity index (χ3n) is 3.39. The molecule has 0 bridgehead atoms. The standard InChI is InChI=1S/C15H13BrClN5O/c1-22-14(11(16)7-19-22)8-18-15(23)13-6-12(20-21-13)9-2-4-10(17)5-3-9/h2-7H,8H2,1H3,(H,18,23)(H,20,21). The Bertz CT molecular complexity index is 820. The van der Waals surface area contributed by atoms with Gasteiger partial charge in [0.05, 0.1) is 28.6 Å². The number of nitrogens with zero attached hydrogens (tertiary/aromatic N) is 3. The monoisotopic (exact) mass is 393 g/mol. The summed E-state index contributed by atoms with van der Waals surface area (Å²) < 4.78 is 2.56. The molecule has 118 valence electrons. The summed E-state index contributed by atoms with van der Waals surface area (Å²) in [5, 5.41) is 14.5. The van der Waals surface area contributed by atoms with E-state index in [-0.39, 0.29) is 5.91 Å². The van der Waals surface area contributed by atoms with Crippen molar-refractivity contribution in [1.29, 1.82) is 0 Å². The van der Waals surface area contributed by atoms with E-state index in [1.807, 2.05) is 19.2 Å². The minimum atomic E-state index is -0.231. The van der Waals surface area contributed by atoms with Crippen LogP contribution >= 0.6 is 27.5 Å². The number of amides is 1. The lowest BCUT2D eigenvalue weighted by molar-refractivity contribution is 0.0945. The third-order valence-corrected chi connectivity index (χ3v) is 4.30. The molecule has 0 radical (unpaired) electrons. The molecule has 0 spiro atoms. The zero-order valence-electron chi connectivity index (χ0n) is 12.2. The molecule has 1 aromatic carbocycles. The summed E-state index contributed by atoms with van der Waals surface area (Å²) >= 11 is 9.27. The quantitative estimate of drug-likeness (QED) is 0.714. The predicted octanol–water partition coefficient (Wildman–Crippen LogP) is 3.16. The number of aryl methyl sites for hydroxylation is 1. The third kappa shape index (κ3) is 3.46. The van der Waals surface area contributed by atoms with Crippen molar-refractivity contribution in [2.24, 2.45) is 7.05 Å². The number of carbonyl (C=O) groups excluding carboxylic acids is 1. The number of carbonyl (C=O) groups is 1. The molecule has 0 atom stereocenters. The predicted molar refractivity (Wildman–Crippen MR) is 91.1 cm³/mol.